The van der Waals surface area contributed by atoms with E-state index in [9.17, 15) is 8.42 Å². The highest BCUT2D eigenvalue weighted by atomic mass is 32.2. The molecule has 24 heavy (non-hydrogen) atoms. The van der Waals surface area contributed by atoms with E-state index < -0.39 is 10.0 Å². The number of aryl methyl sites for hydroxylation is 1. The highest BCUT2D eigenvalue weighted by Gasteiger charge is 2.16. The van der Waals surface area contributed by atoms with Crippen LogP contribution >= 0.6 is 0 Å². The SMILES string of the molecule is Cc1cccc(S(=O)(=O)Nc2ccc(NCC3CCCO3)cn2)c1. The Labute approximate surface area is 142 Å². The van der Waals surface area contributed by atoms with Crippen LogP contribution in [0, 0.1) is 6.92 Å². The quantitative estimate of drug-likeness (QED) is 0.840. The Morgan fingerprint density at radius 1 is 1.29 bits per heavy atom. The van der Waals surface area contributed by atoms with Gasteiger partial charge in [0.1, 0.15) is 5.82 Å². The Kier molecular flexibility index (Phi) is 5.01. The second kappa shape index (κ2) is 7.19. The van der Waals surface area contributed by atoms with Crippen molar-refractivity contribution in [3.8, 4) is 0 Å². The van der Waals surface area contributed by atoms with Gasteiger partial charge in [-0.1, -0.05) is 12.1 Å². The zero-order chi connectivity index (χ0) is 17.0. The van der Waals surface area contributed by atoms with Gasteiger partial charge >= 0.3 is 0 Å². The zero-order valence-electron chi connectivity index (χ0n) is 13.5. The summed E-state index contributed by atoms with van der Waals surface area (Å²) in [5.41, 5.74) is 1.73. The second-order valence-electron chi connectivity index (χ2n) is 5.87. The summed E-state index contributed by atoms with van der Waals surface area (Å²) in [5, 5.41) is 3.25. The number of benzene rings is 1. The third kappa shape index (κ3) is 4.24. The molecule has 1 fully saturated rings. The predicted octanol–water partition coefficient (Wildman–Crippen LogP) is 2.78. The molecule has 1 aliphatic rings. The molecule has 0 bridgehead atoms. The molecule has 2 heterocycles. The molecule has 0 spiro atoms. The van der Waals surface area contributed by atoms with Crippen LogP contribution in [-0.2, 0) is 14.8 Å². The third-order valence-electron chi connectivity index (χ3n) is 3.86. The molecular formula is C17H21N3O3S. The van der Waals surface area contributed by atoms with Crippen molar-refractivity contribution in [1.82, 2.24) is 4.98 Å². The molecule has 2 N–H and O–H groups in total. The second-order valence-corrected chi connectivity index (χ2v) is 7.55. The van der Waals surface area contributed by atoms with E-state index in [0.29, 0.717) is 5.82 Å². The van der Waals surface area contributed by atoms with Crippen LogP contribution in [-0.4, -0.2) is 32.7 Å². The van der Waals surface area contributed by atoms with Crippen molar-refractivity contribution in [1.29, 1.82) is 0 Å². The molecule has 0 radical (unpaired) electrons. The maximum absolute atomic E-state index is 12.4. The van der Waals surface area contributed by atoms with Gasteiger partial charge in [-0.05, 0) is 49.6 Å². The Morgan fingerprint density at radius 2 is 2.17 bits per heavy atom. The minimum atomic E-state index is -3.63. The highest BCUT2D eigenvalue weighted by molar-refractivity contribution is 7.92. The summed E-state index contributed by atoms with van der Waals surface area (Å²) < 4.78 is 32.8. The molecule has 6 nitrogen and oxygen atoms in total. The molecule has 1 saturated heterocycles. The normalized spacial score (nSPS) is 17.6. The van der Waals surface area contributed by atoms with E-state index in [1.54, 1.807) is 36.5 Å². The molecule has 1 atom stereocenters. The monoisotopic (exact) mass is 347 g/mol. The zero-order valence-corrected chi connectivity index (χ0v) is 14.3. The Morgan fingerprint density at radius 3 is 2.83 bits per heavy atom. The Hall–Kier alpha value is -2.12. The lowest BCUT2D eigenvalue weighted by Crippen LogP contribution is -2.18. The van der Waals surface area contributed by atoms with Crippen LogP contribution < -0.4 is 10.0 Å². The third-order valence-corrected chi connectivity index (χ3v) is 5.21. The first-order valence-electron chi connectivity index (χ1n) is 7.94. The number of sulfonamides is 1. The van der Waals surface area contributed by atoms with Crippen molar-refractivity contribution in [2.75, 3.05) is 23.2 Å². The number of anilines is 2. The topological polar surface area (TPSA) is 80.3 Å². The van der Waals surface area contributed by atoms with Crippen molar-refractivity contribution >= 4 is 21.5 Å². The van der Waals surface area contributed by atoms with E-state index in [0.717, 1.165) is 37.2 Å². The fourth-order valence-electron chi connectivity index (χ4n) is 2.57. The van der Waals surface area contributed by atoms with Gasteiger partial charge in [-0.3, -0.25) is 4.72 Å². The molecule has 1 aliphatic heterocycles. The number of aromatic nitrogens is 1. The minimum Gasteiger partial charge on any atom is -0.381 e. The highest BCUT2D eigenvalue weighted by Crippen LogP contribution is 2.18. The van der Waals surface area contributed by atoms with E-state index in [-0.39, 0.29) is 11.0 Å². The molecule has 2 aromatic rings. The molecule has 0 saturated carbocycles. The van der Waals surface area contributed by atoms with Crippen molar-refractivity contribution < 1.29 is 13.2 Å². The van der Waals surface area contributed by atoms with Gasteiger partial charge in [0.25, 0.3) is 10.0 Å². The van der Waals surface area contributed by atoms with Gasteiger partial charge in [-0.15, -0.1) is 0 Å². The van der Waals surface area contributed by atoms with Crippen molar-refractivity contribution in [2.45, 2.75) is 30.8 Å². The van der Waals surface area contributed by atoms with Gasteiger partial charge in [-0.2, -0.15) is 0 Å². The van der Waals surface area contributed by atoms with E-state index >= 15 is 0 Å². The summed E-state index contributed by atoms with van der Waals surface area (Å²) in [6, 6.07) is 10.2. The standard InChI is InChI=1S/C17H21N3O3S/c1-13-4-2-6-16(10-13)24(21,22)20-17-8-7-14(11-19-17)18-12-15-5-3-9-23-15/h2,4,6-8,10-11,15,18H,3,5,9,12H2,1H3,(H,19,20). The smallest absolute Gasteiger partial charge is 0.263 e. The number of pyridine rings is 1. The lowest BCUT2D eigenvalue weighted by Gasteiger charge is -2.12. The van der Waals surface area contributed by atoms with Crippen LogP contribution in [0.25, 0.3) is 0 Å². The van der Waals surface area contributed by atoms with Crippen LogP contribution in [0.15, 0.2) is 47.5 Å². The summed E-state index contributed by atoms with van der Waals surface area (Å²) in [7, 11) is -3.63. The fraction of sp³-hybridized carbons (Fsp3) is 0.353. The molecule has 1 aromatic carbocycles. The summed E-state index contributed by atoms with van der Waals surface area (Å²) >= 11 is 0. The largest absolute Gasteiger partial charge is 0.381 e. The summed E-state index contributed by atoms with van der Waals surface area (Å²) in [5.74, 6) is 0.291. The average molecular weight is 347 g/mol. The maximum atomic E-state index is 12.4. The predicted molar refractivity (Wildman–Crippen MR) is 93.7 cm³/mol. The lowest BCUT2D eigenvalue weighted by atomic mass is 10.2. The number of nitrogens with one attached hydrogen (secondary N) is 2. The number of hydrogen-bond donors (Lipinski definition) is 2. The van der Waals surface area contributed by atoms with Gasteiger partial charge < -0.3 is 10.1 Å². The minimum absolute atomic E-state index is 0.227. The molecule has 3 rings (SSSR count). The molecule has 128 valence electrons. The van der Waals surface area contributed by atoms with Crippen molar-refractivity contribution in [2.24, 2.45) is 0 Å². The van der Waals surface area contributed by atoms with E-state index in [1.165, 1.54) is 0 Å². The first-order chi connectivity index (χ1) is 11.5. The number of ether oxygens (including phenoxy) is 1. The van der Waals surface area contributed by atoms with Gasteiger partial charge in [-0.25, -0.2) is 13.4 Å². The summed E-state index contributed by atoms with van der Waals surface area (Å²) in [6.07, 6.45) is 4.02. The van der Waals surface area contributed by atoms with Crippen molar-refractivity contribution in [3.63, 3.8) is 0 Å². The van der Waals surface area contributed by atoms with E-state index in [4.69, 9.17) is 4.74 Å². The van der Waals surface area contributed by atoms with Crippen LogP contribution in [0.4, 0.5) is 11.5 Å². The van der Waals surface area contributed by atoms with Gasteiger partial charge in [0.2, 0.25) is 0 Å². The van der Waals surface area contributed by atoms with Gasteiger partial charge in [0.05, 0.1) is 22.9 Å². The molecule has 1 aromatic heterocycles. The maximum Gasteiger partial charge on any atom is 0.263 e. The number of hydrogen-bond acceptors (Lipinski definition) is 5. The van der Waals surface area contributed by atoms with Crippen LogP contribution in [0.5, 0.6) is 0 Å². The number of nitrogens with zero attached hydrogens (tertiary/aromatic N) is 1. The molecule has 7 heteroatoms. The van der Waals surface area contributed by atoms with E-state index in [2.05, 4.69) is 15.0 Å². The summed E-state index contributed by atoms with van der Waals surface area (Å²) in [4.78, 5) is 4.39. The van der Waals surface area contributed by atoms with E-state index in [1.807, 2.05) is 13.0 Å². The molecule has 1 unspecified atom stereocenters. The summed E-state index contributed by atoms with van der Waals surface area (Å²) in [6.45, 7) is 3.41. The van der Waals surface area contributed by atoms with Crippen LogP contribution in [0.3, 0.4) is 0 Å². The molecule has 0 amide bonds. The fourth-order valence-corrected chi connectivity index (χ4v) is 3.69. The van der Waals surface area contributed by atoms with Gasteiger partial charge in [0.15, 0.2) is 0 Å². The van der Waals surface area contributed by atoms with Gasteiger partial charge in [0, 0.05) is 13.2 Å². The average Bonchev–Trinajstić information content (AvgIpc) is 3.07. The molecule has 0 aliphatic carbocycles. The van der Waals surface area contributed by atoms with Crippen LogP contribution in [0.1, 0.15) is 18.4 Å². The Bertz CT molecular complexity index is 785. The molecular weight excluding hydrogens is 326 g/mol. The van der Waals surface area contributed by atoms with Crippen LogP contribution in [0.2, 0.25) is 0 Å². The van der Waals surface area contributed by atoms with Crippen molar-refractivity contribution in [3.05, 3.63) is 48.2 Å². The lowest BCUT2D eigenvalue weighted by molar-refractivity contribution is 0.120. The first kappa shape index (κ1) is 16.7. The number of rotatable bonds is 6. The Balaban J connectivity index is 1.63. The first-order valence-corrected chi connectivity index (χ1v) is 9.42.